The first-order chi connectivity index (χ1) is 14.8. The van der Waals surface area contributed by atoms with Crippen molar-refractivity contribution in [2.24, 2.45) is 4.99 Å². The average molecular weight is 424 g/mol. The van der Waals surface area contributed by atoms with Crippen molar-refractivity contribution in [2.45, 2.75) is 52.4 Å². The number of carbonyl (C=O) groups excluding carboxylic acids is 1. The van der Waals surface area contributed by atoms with E-state index in [1.165, 1.54) is 13.2 Å². The molecule has 1 N–H and O–H groups in total. The van der Waals surface area contributed by atoms with Gasteiger partial charge in [-0.05, 0) is 68.0 Å². The average Bonchev–Trinajstić information content (AvgIpc) is 3.11. The molecule has 31 heavy (non-hydrogen) atoms. The normalized spacial score (nSPS) is 18.8. The Morgan fingerprint density at radius 3 is 2.77 bits per heavy atom. The van der Waals surface area contributed by atoms with Gasteiger partial charge in [0.25, 0.3) is 5.56 Å². The molecule has 2 aromatic rings. The molecule has 1 unspecified atom stereocenters. The predicted octanol–water partition coefficient (Wildman–Crippen LogP) is 3.46. The van der Waals surface area contributed by atoms with Crippen LogP contribution in [-0.4, -0.2) is 28.8 Å². The smallest absolute Gasteiger partial charge is 0.257 e. The Morgan fingerprint density at radius 1 is 1.29 bits per heavy atom. The number of aliphatic hydroxyl groups excluding tert-OH is 1. The molecule has 1 aromatic carbocycles. The number of aliphatic hydroxyl groups is 1. The highest BCUT2D eigenvalue weighted by Crippen LogP contribution is 2.32. The summed E-state index contributed by atoms with van der Waals surface area (Å²) in [5, 5.41) is 10.2. The third-order valence-corrected chi connectivity index (χ3v) is 6.21. The SMILES string of the molecule is COCc1c(C(O)C=O)cc2n(c1=O)C/C1=C(/C)CCCc3cc(cc(F)c3C)N=C12. The van der Waals surface area contributed by atoms with Gasteiger partial charge in [0.05, 0.1) is 30.2 Å². The first kappa shape index (κ1) is 21.3. The molecule has 2 aliphatic heterocycles. The molecule has 0 fully saturated rings. The Balaban J connectivity index is 2.00. The molecule has 3 heterocycles. The first-order valence-corrected chi connectivity index (χ1v) is 10.3. The lowest BCUT2D eigenvalue weighted by Gasteiger charge is -2.14. The molecule has 0 saturated heterocycles. The number of aromatic nitrogens is 1. The van der Waals surface area contributed by atoms with Gasteiger partial charge >= 0.3 is 0 Å². The van der Waals surface area contributed by atoms with E-state index in [-0.39, 0.29) is 29.1 Å². The molecule has 1 atom stereocenters. The van der Waals surface area contributed by atoms with Gasteiger partial charge in [-0.1, -0.05) is 5.57 Å². The van der Waals surface area contributed by atoms with Crippen LogP contribution >= 0.6 is 0 Å². The van der Waals surface area contributed by atoms with Crippen LogP contribution in [0.2, 0.25) is 0 Å². The summed E-state index contributed by atoms with van der Waals surface area (Å²) in [5.74, 6) is -0.303. The number of hydrogen-bond donors (Lipinski definition) is 1. The van der Waals surface area contributed by atoms with E-state index in [1.54, 1.807) is 17.6 Å². The van der Waals surface area contributed by atoms with Crippen LogP contribution in [0.5, 0.6) is 0 Å². The van der Waals surface area contributed by atoms with Crippen LogP contribution in [0.15, 0.2) is 39.1 Å². The predicted molar refractivity (Wildman–Crippen MR) is 115 cm³/mol. The van der Waals surface area contributed by atoms with Gasteiger partial charge in [0.1, 0.15) is 11.9 Å². The maximum Gasteiger partial charge on any atom is 0.257 e. The monoisotopic (exact) mass is 424 g/mol. The molecule has 0 radical (unpaired) electrons. The molecular formula is C24H25FN2O4. The third kappa shape index (κ3) is 3.68. The number of ether oxygens (including phenoxy) is 1. The highest BCUT2D eigenvalue weighted by molar-refractivity contribution is 6.15. The van der Waals surface area contributed by atoms with Crippen molar-refractivity contribution in [3.63, 3.8) is 0 Å². The Hall–Kier alpha value is -2.90. The van der Waals surface area contributed by atoms with Gasteiger partial charge in [-0.25, -0.2) is 9.38 Å². The molecule has 162 valence electrons. The Bertz CT molecular complexity index is 1190. The van der Waals surface area contributed by atoms with Crippen molar-refractivity contribution in [2.75, 3.05) is 7.11 Å². The second kappa shape index (κ2) is 8.32. The minimum absolute atomic E-state index is 0.0175. The van der Waals surface area contributed by atoms with Gasteiger partial charge in [0.15, 0.2) is 6.29 Å². The number of aryl methyl sites for hydroxylation is 1. The van der Waals surface area contributed by atoms with Crippen molar-refractivity contribution in [3.8, 4) is 0 Å². The van der Waals surface area contributed by atoms with E-state index in [4.69, 9.17) is 9.73 Å². The zero-order valence-corrected chi connectivity index (χ0v) is 17.9. The van der Waals surface area contributed by atoms with Crippen LogP contribution < -0.4 is 5.56 Å². The van der Waals surface area contributed by atoms with Crippen LogP contribution in [0.4, 0.5) is 10.1 Å². The lowest BCUT2D eigenvalue weighted by atomic mass is 9.95. The van der Waals surface area contributed by atoms with Crippen molar-refractivity contribution in [1.29, 1.82) is 0 Å². The fourth-order valence-corrected chi connectivity index (χ4v) is 4.41. The molecule has 7 heteroatoms. The van der Waals surface area contributed by atoms with Crippen molar-refractivity contribution in [3.05, 3.63) is 73.5 Å². The Morgan fingerprint density at radius 2 is 2.06 bits per heavy atom. The molecule has 0 saturated carbocycles. The van der Waals surface area contributed by atoms with Gasteiger partial charge in [-0.15, -0.1) is 0 Å². The number of aliphatic imine (C=N–C) groups is 1. The maximum atomic E-state index is 14.5. The number of aldehydes is 1. The zero-order chi connectivity index (χ0) is 22.3. The third-order valence-electron chi connectivity index (χ3n) is 6.21. The second-order valence-electron chi connectivity index (χ2n) is 8.15. The van der Waals surface area contributed by atoms with Crippen LogP contribution in [0.25, 0.3) is 0 Å². The minimum Gasteiger partial charge on any atom is -0.381 e. The molecule has 2 aliphatic rings. The van der Waals surface area contributed by atoms with Crippen LogP contribution in [0.3, 0.4) is 0 Å². The summed E-state index contributed by atoms with van der Waals surface area (Å²) >= 11 is 0. The second-order valence-corrected chi connectivity index (χ2v) is 8.15. The van der Waals surface area contributed by atoms with Crippen molar-refractivity contribution < 1.29 is 19.0 Å². The van der Waals surface area contributed by atoms with Gasteiger partial charge < -0.3 is 19.2 Å². The lowest BCUT2D eigenvalue weighted by Crippen LogP contribution is -2.27. The van der Waals surface area contributed by atoms with Gasteiger partial charge in [-0.2, -0.15) is 0 Å². The number of nitrogens with zero attached hydrogens (tertiary/aromatic N) is 2. The number of allylic oxidation sites excluding steroid dienone is 2. The summed E-state index contributed by atoms with van der Waals surface area (Å²) in [4.78, 5) is 29.3. The largest absolute Gasteiger partial charge is 0.381 e. The van der Waals surface area contributed by atoms with Gasteiger partial charge in [0.2, 0.25) is 0 Å². The fourth-order valence-electron chi connectivity index (χ4n) is 4.41. The van der Waals surface area contributed by atoms with Gasteiger partial charge in [0, 0.05) is 18.2 Å². The van der Waals surface area contributed by atoms with Crippen LogP contribution in [0, 0.1) is 12.7 Å². The van der Waals surface area contributed by atoms with E-state index in [2.05, 4.69) is 0 Å². The topological polar surface area (TPSA) is 80.9 Å². The van der Waals surface area contributed by atoms with Crippen LogP contribution in [-0.2, 0) is 29.1 Å². The first-order valence-electron chi connectivity index (χ1n) is 10.3. The summed E-state index contributed by atoms with van der Waals surface area (Å²) in [6, 6.07) is 4.93. The lowest BCUT2D eigenvalue weighted by molar-refractivity contribution is -0.115. The number of halogens is 1. The number of methoxy groups -OCH3 is 1. The zero-order valence-electron chi connectivity index (χ0n) is 17.9. The summed E-state index contributed by atoms with van der Waals surface area (Å²) in [7, 11) is 1.45. The van der Waals surface area contributed by atoms with Gasteiger partial charge in [-0.3, -0.25) is 4.79 Å². The molecule has 2 bridgehead atoms. The molecule has 4 rings (SSSR count). The van der Waals surface area contributed by atoms with E-state index in [1.807, 2.05) is 13.0 Å². The number of carbonyl (C=O) groups is 1. The highest BCUT2D eigenvalue weighted by Gasteiger charge is 2.30. The number of rotatable bonds is 4. The Kier molecular flexibility index (Phi) is 5.73. The molecule has 0 spiro atoms. The molecule has 1 aromatic heterocycles. The van der Waals surface area contributed by atoms with Crippen LogP contribution in [0.1, 0.15) is 53.8 Å². The fraction of sp³-hybridized carbons (Fsp3) is 0.375. The van der Waals surface area contributed by atoms with E-state index in [0.717, 1.165) is 36.0 Å². The van der Waals surface area contributed by atoms with Crippen molar-refractivity contribution >= 4 is 17.7 Å². The summed E-state index contributed by atoms with van der Waals surface area (Å²) in [6.45, 7) is 4.13. The van der Waals surface area contributed by atoms with E-state index in [9.17, 15) is 19.1 Å². The van der Waals surface area contributed by atoms with E-state index in [0.29, 0.717) is 35.5 Å². The Labute approximate surface area is 179 Å². The molecule has 6 nitrogen and oxygen atoms in total. The van der Waals surface area contributed by atoms with E-state index < -0.39 is 6.10 Å². The molecular weight excluding hydrogens is 399 g/mol. The number of benzene rings is 1. The highest BCUT2D eigenvalue weighted by atomic mass is 19.1. The molecule has 0 amide bonds. The summed E-state index contributed by atoms with van der Waals surface area (Å²) in [6.07, 6.45) is 1.37. The van der Waals surface area contributed by atoms with Crippen molar-refractivity contribution in [1.82, 2.24) is 4.57 Å². The number of fused-ring (bicyclic) bond motifs is 5. The standard InChI is InChI=1S/C24H25FN2O4/c1-13-5-4-6-15-7-16(8-20(25)14(15)2)26-23-18(13)10-27-21(23)9-17(22(29)11-28)19(12-31-3)24(27)30/h7-9,11,22,29H,4-6,10,12H2,1-3H3/b18-13+,26-23?. The summed E-state index contributed by atoms with van der Waals surface area (Å²) < 4.78 is 21.3. The molecule has 0 aliphatic carbocycles. The summed E-state index contributed by atoms with van der Waals surface area (Å²) in [5.41, 5.74) is 5.31. The number of pyridine rings is 1. The maximum absolute atomic E-state index is 14.5. The quantitative estimate of drug-likeness (QED) is 0.763. The van der Waals surface area contributed by atoms with E-state index >= 15 is 0 Å². The minimum atomic E-state index is -1.44. The number of hydrogen-bond acceptors (Lipinski definition) is 5.